The highest BCUT2D eigenvalue weighted by molar-refractivity contribution is 7.21. The number of ether oxygens (including phenoxy) is 1. The Morgan fingerprint density at radius 2 is 2.05 bits per heavy atom. The van der Waals surface area contributed by atoms with E-state index in [1.807, 2.05) is 24.3 Å². The summed E-state index contributed by atoms with van der Waals surface area (Å²) in [6.07, 6.45) is 4.45. The van der Waals surface area contributed by atoms with Crippen molar-refractivity contribution in [2.75, 3.05) is 6.61 Å². The van der Waals surface area contributed by atoms with Crippen molar-refractivity contribution in [3.8, 4) is 16.3 Å². The van der Waals surface area contributed by atoms with Crippen LogP contribution in [0.2, 0.25) is 0 Å². The maximum atomic E-state index is 5.91. The molecule has 0 bridgehead atoms. The number of aromatic nitrogens is 2. The van der Waals surface area contributed by atoms with Crippen LogP contribution in [-0.2, 0) is 0 Å². The zero-order valence-electron chi connectivity index (χ0n) is 11.8. The summed E-state index contributed by atoms with van der Waals surface area (Å²) in [4.78, 5) is 8.75. The Morgan fingerprint density at radius 3 is 2.81 bits per heavy atom. The number of thiazole rings is 1. The van der Waals surface area contributed by atoms with Crippen molar-refractivity contribution in [1.29, 1.82) is 0 Å². The van der Waals surface area contributed by atoms with Gasteiger partial charge in [0.15, 0.2) is 0 Å². The van der Waals surface area contributed by atoms with Crippen LogP contribution in [0.25, 0.3) is 20.8 Å². The molecule has 1 aromatic carbocycles. The number of hydrogen-bond acceptors (Lipinski definition) is 5. The fraction of sp³-hybridized carbons (Fsp3) is 0.250. The van der Waals surface area contributed by atoms with Crippen LogP contribution in [0.1, 0.15) is 13.3 Å². The predicted molar refractivity (Wildman–Crippen MR) is 86.6 cm³/mol. The maximum Gasteiger partial charge on any atom is 0.146 e. The zero-order chi connectivity index (χ0) is 14.7. The van der Waals surface area contributed by atoms with Crippen molar-refractivity contribution < 1.29 is 4.74 Å². The number of hydrogen-bond donors (Lipinski definition) is 1. The summed E-state index contributed by atoms with van der Waals surface area (Å²) in [6, 6.07) is 9.98. The molecule has 0 saturated heterocycles. The lowest BCUT2D eigenvalue weighted by Crippen LogP contribution is -2.26. The molecule has 2 heterocycles. The Hall–Kier alpha value is -1.98. The van der Waals surface area contributed by atoms with E-state index < -0.39 is 0 Å². The molecule has 0 saturated carbocycles. The molecule has 4 nitrogen and oxygen atoms in total. The molecule has 1 unspecified atom stereocenters. The Labute approximate surface area is 127 Å². The molecule has 2 N–H and O–H groups in total. The molecular weight excluding hydrogens is 282 g/mol. The Kier molecular flexibility index (Phi) is 4.13. The molecule has 0 aliphatic carbocycles. The Morgan fingerprint density at radius 1 is 1.24 bits per heavy atom. The number of benzene rings is 1. The second-order valence-electron chi connectivity index (χ2n) is 4.84. The molecule has 0 spiro atoms. The van der Waals surface area contributed by atoms with Gasteiger partial charge in [0.05, 0.1) is 4.70 Å². The van der Waals surface area contributed by atoms with Gasteiger partial charge in [-0.2, -0.15) is 0 Å². The first-order valence-corrected chi connectivity index (χ1v) is 7.78. The monoisotopic (exact) mass is 299 g/mol. The van der Waals surface area contributed by atoms with Gasteiger partial charge in [0.1, 0.15) is 22.9 Å². The smallest absolute Gasteiger partial charge is 0.146 e. The molecule has 3 rings (SSSR count). The molecule has 108 valence electrons. The van der Waals surface area contributed by atoms with Crippen molar-refractivity contribution in [3.05, 3.63) is 42.7 Å². The third kappa shape index (κ3) is 3.04. The van der Waals surface area contributed by atoms with E-state index in [4.69, 9.17) is 15.5 Å². The van der Waals surface area contributed by atoms with Crippen molar-refractivity contribution >= 4 is 21.6 Å². The minimum atomic E-state index is 0.0542. The summed E-state index contributed by atoms with van der Waals surface area (Å²) >= 11 is 1.65. The number of fused-ring (bicyclic) bond motifs is 1. The quantitative estimate of drug-likeness (QED) is 0.783. The maximum absolute atomic E-state index is 5.91. The van der Waals surface area contributed by atoms with Crippen LogP contribution in [0, 0.1) is 0 Å². The molecule has 0 aliphatic heterocycles. The summed E-state index contributed by atoms with van der Waals surface area (Å²) in [5.41, 5.74) is 7.88. The fourth-order valence-electron chi connectivity index (χ4n) is 1.97. The van der Waals surface area contributed by atoms with Gasteiger partial charge in [0.2, 0.25) is 0 Å². The zero-order valence-corrected chi connectivity index (χ0v) is 12.6. The summed E-state index contributed by atoms with van der Waals surface area (Å²) < 4.78 is 6.94. The van der Waals surface area contributed by atoms with Gasteiger partial charge in [-0.15, -0.1) is 11.3 Å². The first-order valence-electron chi connectivity index (χ1n) is 6.96. The number of nitrogens with two attached hydrogens (primary N) is 1. The van der Waals surface area contributed by atoms with Gasteiger partial charge >= 0.3 is 0 Å². The van der Waals surface area contributed by atoms with E-state index in [0.717, 1.165) is 33.0 Å². The van der Waals surface area contributed by atoms with Gasteiger partial charge in [0, 0.05) is 24.0 Å². The normalized spacial score (nSPS) is 12.5. The molecule has 0 aliphatic rings. The first kappa shape index (κ1) is 14.0. The van der Waals surface area contributed by atoms with Gasteiger partial charge < -0.3 is 10.5 Å². The van der Waals surface area contributed by atoms with Crippen molar-refractivity contribution in [1.82, 2.24) is 9.97 Å². The molecule has 1 atom stereocenters. The van der Waals surface area contributed by atoms with E-state index in [9.17, 15) is 0 Å². The third-order valence-corrected chi connectivity index (χ3v) is 4.36. The second-order valence-corrected chi connectivity index (χ2v) is 5.87. The SMILES string of the molecule is CCC(N)COc1cccc2sc(-c3ccncc3)nc12. The molecular formula is C16H17N3OS. The van der Waals surface area contributed by atoms with Crippen LogP contribution >= 0.6 is 11.3 Å². The molecule has 21 heavy (non-hydrogen) atoms. The van der Waals surface area contributed by atoms with Crippen LogP contribution in [0.15, 0.2) is 42.7 Å². The number of nitrogens with zero attached hydrogens (tertiary/aromatic N) is 2. The largest absolute Gasteiger partial charge is 0.490 e. The molecule has 0 radical (unpaired) electrons. The summed E-state index contributed by atoms with van der Waals surface area (Å²) in [7, 11) is 0. The summed E-state index contributed by atoms with van der Waals surface area (Å²) in [5.74, 6) is 0.799. The third-order valence-electron chi connectivity index (χ3n) is 3.29. The van der Waals surface area contributed by atoms with Crippen LogP contribution < -0.4 is 10.5 Å². The molecule has 3 aromatic rings. The van der Waals surface area contributed by atoms with Gasteiger partial charge in [-0.25, -0.2) is 4.98 Å². The van der Waals surface area contributed by atoms with Gasteiger partial charge in [-0.3, -0.25) is 4.98 Å². The molecule has 0 fully saturated rings. The van der Waals surface area contributed by atoms with Crippen LogP contribution in [0.4, 0.5) is 0 Å². The van der Waals surface area contributed by atoms with E-state index in [0.29, 0.717) is 6.61 Å². The average Bonchev–Trinajstić information content (AvgIpc) is 2.98. The molecule has 0 amide bonds. The lowest BCUT2D eigenvalue weighted by atomic mass is 10.2. The minimum Gasteiger partial charge on any atom is -0.490 e. The number of rotatable bonds is 5. The number of pyridine rings is 1. The first-order chi connectivity index (χ1) is 10.3. The average molecular weight is 299 g/mol. The van der Waals surface area contributed by atoms with E-state index in [-0.39, 0.29) is 6.04 Å². The predicted octanol–water partition coefficient (Wildman–Crippen LogP) is 3.47. The lowest BCUT2D eigenvalue weighted by Gasteiger charge is -2.11. The Balaban J connectivity index is 1.94. The van der Waals surface area contributed by atoms with Crippen molar-refractivity contribution in [2.24, 2.45) is 5.73 Å². The molecule has 2 aromatic heterocycles. The van der Waals surface area contributed by atoms with Crippen LogP contribution in [0.3, 0.4) is 0 Å². The summed E-state index contributed by atoms with van der Waals surface area (Å²) in [5, 5.41) is 0.975. The summed E-state index contributed by atoms with van der Waals surface area (Å²) in [6.45, 7) is 2.57. The highest BCUT2D eigenvalue weighted by atomic mass is 32.1. The van der Waals surface area contributed by atoms with Gasteiger partial charge in [0.25, 0.3) is 0 Å². The van der Waals surface area contributed by atoms with Gasteiger partial charge in [-0.1, -0.05) is 13.0 Å². The van der Waals surface area contributed by atoms with Crippen LogP contribution in [-0.4, -0.2) is 22.6 Å². The minimum absolute atomic E-state index is 0.0542. The van der Waals surface area contributed by atoms with Gasteiger partial charge in [-0.05, 0) is 30.7 Å². The second kappa shape index (κ2) is 6.20. The number of para-hydroxylation sites is 1. The van der Waals surface area contributed by atoms with Crippen molar-refractivity contribution in [3.63, 3.8) is 0 Å². The van der Waals surface area contributed by atoms with E-state index >= 15 is 0 Å². The Bertz CT molecular complexity index is 727. The standard InChI is InChI=1S/C16H17N3OS/c1-2-12(17)10-20-13-4-3-5-14-15(13)19-16(21-14)11-6-8-18-9-7-11/h3-9,12H,2,10,17H2,1H3. The van der Waals surface area contributed by atoms with E-state index in [1.165, 1.54) is 0 Å². The topological polar surface area (TPSA) is 61.0 Å². The lowest BCUT2D eigenvalue weighted by molar-refractivity contribution is 0.288. The van der Waals surface area contributed by atoms with Crippen molar-refractivity contribution in [2.45, 2.75) is 19.4 Å². The highest BCUT2D eigenvalue weighted by Crippen LogP contribution is 2.34. The van der Waals surface area contributed by atoms with E-state index in [1.54, 1.807) is 23.7 Å². The van der Waals surface area contributed by atoms with E-state index in [2.05, 4.69) is 18.0 Å². The molecule has 5 heteroatoms. The van der Waals surface area contributed by atoms with Crippen LogP contribution in [0.5, 0.6) is 5.75 Å². The highest BCUT2D eigenvalue weighted by Gasteiger charge is 2.11. The fourth-order valence-corrected chi connectivity index (χ4v) is 2.96.